The van der Waals surface area contributed by atoms with E-state index in [0.717, 1.165) is 6.20 Å². The number of nitrogens with one attached hydrogen (secondary N) is 3. The molecule has 2 aromatic carbocycles. The molecule has 0 aliphatic rings. The maximum Gasteiger partial charge on any atom is 0.357 e. The van der Waals surface area contributed by atoms with E-state index >= 15 is 0 Å². The SMILES string of the molecule is COc1cc(Nc2ncc(F)c(Nc3cccc(NS(=O)(=O)O)c3)n2)cc(OC)c1OC. The van der Waals surface area contributed by atoms with Gasteiger partial charge in [-0.05, 0) is 18.2 Å². The van der Waals surface area contributed by atoms with Crippen molar-refractivity contribution in [3.63, 3.8) is 0 Å². The summed E-state index contributed by atoms with van der Waals surface area (Å²) in [6.07, 6.45) is 0.968. The van der Waals surface area contributed by atoms with Gasteiger partial charge in [0.15, 0.2) is 23.1 Å². The van der Waals surface area contributed by atoms with Gasteiger partial charge in [0.25, 0.3) is 0 Å². The van der Waals surface area contributed by atoms with Crippen LogP contribution in [0, 0.1) is 5.82 Å². The minimum Gasteiger partial charge on any atom is -0.493 e. The summed E-state index contributed by atoms with van der Waals surface area (Å²) in [6, 6.07) is 9.08. The molecule has 0 unspecified atom stereocenters. The summed E-state index contributed by atoms with van der Waals surface area (Å²) in [5.74, 6) is 0.361. The average Bonchev–Trinajstić information content (AvgIpc) is 2.74. The largest absolute Gasteiger partial charge is 0.493 e. The summed E-state index contributed by atoms with van der Waals surface area (Å²) >= 11 is 0. The van der Waals surface area contributed by atoms with Crippen molar-refractivity contribution in [2.24, 2.45) is 0 Å². The van der Waals surface area contributed by atoms with Crippen LogP contribution in [-0.2, 0) is 10.3 Å². The fraction of sp³-hybridized carbons (Fsp3) is 0.158. The van der Waals surface area contributed by atoms with Gasteiger partial charge < -0.3 is 24.8 Å². The van der Waals surface area contributed by atoms with Gasteiger partial charge in [-0.2, -0.15) is 13.4 Å². The summed E-state index contributed by atoms with van der Waals surface area (Å²) in [5.41, 5.74) is 0.883. The number of nitrogens with zero attached hydrogens (tertiary/aromatic N) is 2. The van der Waals surface area contributed by atoms with Gasteiger partial charge in [-0.1, -0.05) is 6.07 Å². The lowest BCUT2D eigenvalue weighted by atomic mass is 10.2. The number of rotatable bonds is 9. The van der Waals surface area contributed by atoms with E-state index in [1.54, 1.807) is 18.2 Å². The number of ether oxygens (including phenoxy) is 3. The Hall–Kier alpha value is -3.84. The lowest BCUT2D eigenvalue weighted by molar-refractivity contribution is 0.324. The molecule has 1 heterocycles. The molecular formula is C19H20FN5O6S. The van der Waals surface area contributed by atoms with Crippen LogP contribution in [0.25, 0.3) is 0 Å². The Labute approximate surface area is 183 Å². The lowest BCUT2D eigenvalue weighted by Gasteiger charge is -2.15. The Bertz CT molecular complexity index is 1200. The molecule has 1 aromatic heterocycles. The molecule has 0 saturated heterocycles. The Balaban J connectivity index is 1.86. The summed E-state index contributed by atoms with van der Waals surface area (Å²) in [6.45, 7) is 0. The van der Waals surface area contributed by atoms with Crippen LogP contribution in [0.3, 0.4) is 0 Å². The molecule has 0 aliphatic carbocycles. The Morgan fingerprint density at radius 2 is 1.59 bits per heavy atom. The number of hydrogen-bond donors (Lipinski definition) is 4. The normalized spacial score (nSPS) is 10.9. The number of methoxy groups -OCH3 is 3. The standard InChI is InChI=1S/C19H20FN5O6S/c1-29-15-8-13(9-16(30-2)17(15)31-3)23-19-21-10-14(20)18(24-19)22-11-5-4-6-12(7-11)25-32(26,27)28/h4-10,25H,1-3H3,(H,26,27,28)(H2,21,22,23,24). The van der Waals surface area contributed by atoms with Crippen LogP contribution in [0.4, 0.5) is 33.2 Å². The Morgan fingerprint density at radius 3 is 2.19 bits per heavy atom. The van der Waals surface area contributed by atoms with Crippen LogP contribution >= 0.6 is 0 Å². The van der Waals surface area contributed by atoms with Crippen molar-refractivity contribution in [1.29, 1.82) is 0 Å². The van der Waals surface area contributed by atoms with Crippen LogP contribution in [0.2, 0.25) is 0 Å². The van der Waals surface area contributed by atoms with Gasteiger partial charge in [-0.3, -0.25) is 9.27 Å². The molecular weight excluding hydrogens is 445 g/mol. The maximum absolute atomic E-state index is 14.3. The molecule has 0 aliphatic heterocycles. The van der Waals surface area contributed by atoms with Gasteiger partial charge in [-0.15, -0.1) is 0 Å². The fourth-order valence-corrected chi connectivity index (χ4v) is 3.17. The van der Waals surface area contributed by atoms with Crippen LogP contribution in [0.15, 0.2) is 42.6 Å². The molecule has 3 rings (SSSR count). The highest BCUT2D eigenvalue weighted by molar-refractivity contribution is 7.87. The summed E-state index contributed by atoms with van der Waals surface area (Å²) in [5, 5.41) is 5.67. The second-order valence-corrected chi connectivity index (χ2v) is 7.37. The Morgan fingerprint density at radius 1 is 0.938 bits per heavy atom. The van der Waals surface area contributed by atoms with Crippen molar-refractivity contribution in [3.8, 4) is 17.2 Å². The van der Waals surface area contributed by atoms with Gasteiger partial charge in [-0.25, -0.2) is 9.37 Å². The number of anilines is 5. The average molecular weight is 465 g/mol. The van der Waals surface area contributed by atoms with Gasteiger partial charge in [0.2, 0.25) is 11.7 Å². The monoisotopic (exact) mass is 465 g/mol. The molecule has 0 fully saturated rings. The van der Waals surface area contributed by atoms with Crippen molar-refractivity contribution in [3.05, 3.63) is 48.4 Å². The highest BCUT2D eigenvalue weighted by atomic mass is 32.2. The van der Waals surface area contributed by atoms with Gasteiger partial charge >= 0.3 is 10.3 Å². The highest BCUT2D eigenvalue weighted by Gasteiger charge is 2.15. The van der Waals surface area contributed by atoms with E-state index in [4.69, 9.17) is 18.8 Å². The molecule has 0 atom stereocenters. The second kappa shape index (κ2) is 9.53. The zero-order chi connectivity index (χ0) is 23.3. The zero-order valence-electron chi connectivity index (χ0n) is 17.2. The first kappa shape index (κ1) is 22.8. The van der Waals surface area contributed by atoms with Crippen LogP contribution < -0.4 is 29.6 Å². The number of halogens is 1. The van der Waals surface area contributed by atoms with E-state index < -0.39 is 16.1 Å². The van der Waals surface area contributed by atoms with E-state index in [9.17, 15) is 12.8 Å². The second-order valence-electron chi connectivity index (χ2n) is 6.21. The molecule has 13 heteroatoms. The topological polar surface area (TPSA) is 144 Å². The predicted octanol–water partition coefficient (Wildman–Crippen LogP) is 3.34. The summed E-state index contributed by atoms with van der Waals surface area (Å²) < 4.78 is 62.9. The molecule has 4 N–H and O–H groups in total. The number of hydrogen-bond acceptors (Lipinski definition) is 9. The molecule has 32 heavy (non-hydrogen) atoms. The molecule has 3 aromatic rings. The van der Waals surface area contributed by atoms with Crippen LogP contribution in [-0.4, -0.2) is 44.3 Å². The third-order valence-corrected chi connectivity index (χ3v) is 4.53. The smallest absolute Gasteiger partial charge is 0.357 e. The fourth-order valence-electron chi connectivity index (χ4n) is 2.74. The van der Waals surface area contributed by atoms with Crippen molar-refractivity contribution in [2.45, 2.75) is 0 Å². The zero-order valence-corrected chi connectivity index (χ0v) is 18.0. The number of benzene rings is 2. The molecule has 170 valence electrons. The van der Waals surface area contributed by atoms with E-state index in [2.05, 4.69) is 20.6 Å². The van der Waals surface area contributed by atoms with Gasteiger partial charge in [0.1, 0.15) is 0 Å². The number of aromatic nitrogens is 2. The minimum absolute atomic E-state index is 0.0652. The van der Waals surface area contributed by atoms with Crippen molar-refractivity contribution in [1.82, 2.24) is 9.97 Å². The van der Waals surface area contributed by atoms with E-state index in [1.807, 2.05) is 4.72 Å². The first-order valence-electron chi connectivity index (χ1n) is 8.94. The van der Waals surface area contributed by atoms with Gasteiger partial charge in [0.05, 0.1) is 33.2 Å². The third kappa shape index (κ3) is 5.65. The predicted molar refractivity (Wildman–Crippen MR) is 116 cm³/mol. The summed E-state index contributed by atoms with van der Waals surface area (Å²) in [7, 11) is -0.0193. The van der Waals surface area contributed by atoms with Crippen LogP contribution in [0.1, 0.15) is 0 Å². The van der Waals surface area contributed by atoms with Gasteiger partial charge in [0, 0.05) is 23.5 Å². The highest BCUT2D eigenvalue weighted by Crippen LogP contribution is 2.40. The van der Waals surface area contributed by atoms with E-state index in [1.165, 1.54) is 39.5 Å². The molecule has 0 amide bonds. The molecule has 11 nitrogen and oxygen atoms in total. The quantitative estimate of drug-likeness (QED) is 0.347. The van der Waals surface area contributed by atoms with Crippen molar-refractivity contribution < 1.29 is 31.6 Å². The molecule has 0 saturated carbocycles. The Kier molecular flexibility index (Phi) is 6.80. The first-order chi connectivity index (χ1) is 15.2. The minimum atomic E-state index is -4.45. The van der Waals surface area contributed by atoms with Crippen molar-refractivity contribution in [2.75, 3.05) is 36.7 Å². The molecule has 0 spiro atoms. The van der Waals surface area contributed by atoms with Crippen LogP contribution in [0.5, 0.6) is 17.2 Å². The van der Waals surface area contributed by atoms with E-state index in [-0.39, 0.29) is 17.5 Å². The third-order valence-electron chi connectivity index (χ3n) is 4.04. The maximum atomic E-state index is 14.3. The van der Waals surface area contributed by atoms with E-state index in [0.29, 0.717) is 28.6 Å². The molecule has 0 radical (unpaired) electrons. The first-order valence-corrected chi connectivity index (χ1v) is 10.4. The van der Waals surface area contributed by atoms with Crippen molar-refractivity contribution >= 4 is 39.1 Å². The molecule has 0 bridgehead atoms. The lowest BCUT2D eigenvalue weighted by Crippen LogP contribution is -2.10. The summed E-state index contributed by atoms with van der Waals surface area (Å²) in [4.78, 5) is 8.03.